The average molecular weight is 261 g/mol. The van der Waals surface area contributed by atoms with Gasteiger partial charge in [-0.05, 0) is 77.8 Å². The Kier molecular flexibility index (Phi) is 16.0. The molecule has 0 aromatic rings. The fourth-order valence-corrected chi connectivity index (χ4v) is 1.87. The van der Waals surface area contributed by atoms with E-state index in [0.717, 1.165) is 0 Å². The predicted molar refractivity (Wildman–Crippen MR) is 75.3 cm³/mol. The molecule has 0 aromatic heterocycles. The summed E-state index contributed by atoms with van der Waals surface area (Å²) in [7, 11) is 1.72. The van der Waals surface area contributed by atoms with Crippen molar-refractivity contribution in [2.24, 2.45) is 0 Å². The van der Waals surface area contributed by atoms with Gasteiger partial charge in [-0.25, -0.2) is 0 Å². The summed E-state index contributed by atoms with van der Waals surface area (Å²) in [6.45, 7) is 7.50. The van der Waals surface area contributed by atoms with Gasteiger partial charge in [0.1, 0.15) is 9.12 Å². The molecule has 3 rings (SSSR count). The number of hydrogen-bond donors (Lipinski definition) is 3. The Bertz CT molecular complexity index is 91.1. The second kappa shape index (κ2) is 16.0. The van der Waals surface area contributed by atoms with Crippen LogP contribution in [0.3, 0.4) is 0 Å². The first-order chi connectivity index (χ1) is 8.50. The molecule has 17 heavy (non-hydrogen) atoms. The maximum atomic E-state index is 8.06. The van der Waals surface area contributed by atoms with E-state index in [4.69, 9.17) is 4.57 Å². The summed E-state index contributed by atoms with van der Waals surface area (Å²) in [4.78, 5) is 0. The van der Waals surface area contributed by atoms with E-state index in [1.165, 1.54) is 77.8 Å². The Hall–Kier alpha value is -0.0200. The zero-order chi connectivity index (χ0) is 12.6. The van der Waals surface area contributed by atoms with Crippen LogP contribution >= 0.6 is 9.12 Å². The molecule has 0 bridgehead atoms. The summed E-state index contributed by atoms with van der Waals surface area (Å²) < 4.78 is 8.06. The zero-order valence-electron chi connectivity index (χ0n) is 10.9. The predicted octanol–water partition coefficient (Wildman–Crippen LogP) is 1.58. The van der Waals surface area contributed by atoms with Gasteiger partial charge in [0.25, 0.3) is 0 Å². The monoisotopic (exact) mass is 261 g/mol. The van der Waals surface area contributed by atoms with E-state index < -0.39 is 0 Å². The third-order valence-corrected chi connectivity index (χ3v) is 2.87. The van der Waals surface area contributed by atoms with Crippen LogP contribution in [0.1, 0.15) is 38.5 Å². The molecule has 5 heteroatoms. The molecule has 0 aromatic carbocycles. The van der Waals surface area contributed by atoms with Crippen molar-refractivity contribution in [2.75, 3.05) is 39.3 Å². The van der Waals surface area contributed by atoms with E-state index in [9.17, 15) is 0 Å². The highest BCUT2D eigenvalue weighted by molar-refractivity contribution is 7.00. The maximum Gasteiger partial charge on any atom is 0.138 e. The van der Waals surface area contributed by atoms with Gasteiger partial charge in [0.2, 0.25) is 0 Å². The second-order valence-corrected chi connectivity index (χ2v) is 4.37. The van der Waals surface area contributed by atoms with E-state index in [2.05, 4.69) is 16.0 Å². The van der Waals surface area contributed by atoms with E-state index in [1.807, 2.05) is 0 Å². The summed E-state index contributed by atoms with van der Waals surface area (Å²) in [5, 5.41) is 9.67. The molecule has 102 valence electrons. The molecule has 3 N–H and O–H groups in total. The van der Waals surface area contributed by atoms with E-state index in [-0.39, 0.29) is 0 Å². The Balaban J connectivity index is 0.000000211. The van der Waals surface area contributed by atoms with E-state index in [0.29, 0.717) is 0 Å². The molecule has 0 unspecified atom stereocenters. The quantitative estimate of drug-likeness (QED) is 0.580. The van der Waals surface area contributed by atoms with E-state index >= 15 is 0 Å². The van der Waals surface area contributed by atoms with Gasteiger partial charge in [-0.1, -0.05) is 0 Å². The van der Waals surface area contributed by atoms with Crippen LogP contribution in [0.15, 0.2) is 0 Å². The molecule has 0 atom stereocenters. The molecule has 3 heterocycles. The van der Waals surface area contributed by atoms with Crippen molar-refractivity contribution in [1.29, 1.82) is 0 Å². The molecule has 0 radical (unpaired) electrons. The lowest BCUT2D eigenvalue weighted by Gasteiger charge is -1.76. The van der Waals surface area contributed by atoms with Crippen LogP contribution in [0.25, 0.3) is 0 Å². The first-order valence-electron chi connectivity index (χ1n) is 6.83. The zero-order valence-corrected chi connectivity index (χ0v) is 11.9. The molecular formula is C12H28N3OP. The van der Waals surface area contributed by atoms with Crippen LogP contribution in [0.2, 0.25) is 0 Å². The summed E-state index contributed by atoms with van der Waals surface area (Å²) in [5.41, 5.74) is 0. The minimum absolute atomic E-state index is 1.25. The van der Waals surface area contributed by atoms with E-state index in [1.54, 1.807) is 9.12 Å². The molecule has 0 spiro atoms. The fraction of sp³-hybridized carbons (Fsp3) is 1.00. The topological polar surface area (TPSA) is 53.2 Å². The summed E-state index contributed by atoms with van der Waals surface area (Å²) in [5.74, 6) is 0. The molecule has 0 saturated carbocycles. The van der Waals surface area contributed by atoms with Crippen LogP contribution in [0.4, 0.5) is 0 Å². The maximum absolute atomic E-state index is 8.06. The molecule has 0 aliphatic carbocycles. The largest absolute Gasteiger partial charge is 0.317 e. The lowest BCUT2D eigenvalue weighted by atomic mass is 10.4. The highest BCUT2D eigenvalue weighted by Gasteiger charge is 1.94. The third-order valence-electron chi connectivity index (χ3n) is 2.87. The molecule has 0 amide bonds. The summed E-state index contributed by atoms with van der Waals surface area (Å²) >= 11 is 0. The summed E-state index contributed by atoms with van der Waals surface area (Å²) in [6, 6.07) is 0. The van der Waals surface area contributed by atoms with Gasteiger partial charge in [0, 0.05) is 0 Å². The second-order valence-electron chi connectivity index (χ2n) is 4.37. The van der Waals surface area contributed by atoms with Crippen molar-refractivity contribution in [3.8, 4) is 0 Å². The van der Waals surface area contributed by atoms with Crippen molar-refractivity contribution in [3.05, 3.63) is 0 Å². The number of hydrogen-bond acceptors (Lipinski definition) is 4. The standard InChI is InChI=1S/3C4H9N.HOP/c3*1-2-4-5-3-1;1-2/h3*5H,1-4H2;2H. The lowest BCUT2D eigenvalue weighted by molar-refractivity contribution is 0.607. The van der Waals surface area contributed by atoms with Gasteiger partial charge in [0.05, 0.1) is 0 Å². The van der Waals surface area contributed by atoms with Crippen LogP contribution in [0, 0.1) is 0 Å². The molecule has 3 aliphatic heterocycles. The van der Waals surface area contributed by atoms with Gasteiger partial charge in [0.15, 0.2) is 0 Å². The Morgan fingerprint density at radius 3 is 0.706 bits per heavy atom. The number of nitrogens with one attached hydrogen (secondary N) is 3. The lowest BCUT2D eigenvalue weighted by Crippen LogP contribution is -2.03. The van der Waals surface area contributed by atoms with Gasteiger partial charge < -0.3 is 16.0 Å². The molecule has 4 nitrogen and oxygen atoms in total. The van der Waals surface area contributed by atoms with Crippen molar-refractivity contribution in [1.82, 2.24) is 16.0 Å². The Morgan fingerprint density at radius 2 is 0.647 bits per heavy atom. The normalized spacial score (nSPS) is 21.4. The Labute approximate surface area is 108 Å². The molecule has 3 aliphatic rings. The van der Waals surface area contributed by atoms with Crippen molar-refractivity contribution in [3.63, 3.8) is 0 Å². The molecular weight excluding hydrogens is 233 g/mol. The molecule has 3 fully saturated rings. The minimum atomic E-state index is 1.25. The van der Waals surface area contributed by atoms with Gasteiger partial charge in [-0.3, -0.25) is 4.57 Å². The minimum Gasteiger partial charge on any atom is -0.317 e. The third kappa shape index (κ3) is 13.9. The first kappa shape index (κ1) is 17.0. The highest BCUT2D eigenvalue weighted by atomic mass is 31.0. The Morgan fingerprint density at radius 1 is 0.471 bits per heavy atom. The van der Waals surface area contributed by atoms with Gasteiger partial charge in [-0.15, -0.1) is 0 Å². The average Bonchev–Trinajstić information content (AvgIpc) is 3.16. The van der Waals surface area contributed by atoms with Crippen molar-refractivity contribution in [2.45, 2.75) is 38.5 Å². The smallest absolute Gasteiger partial charge is 0.138 e. The highest BCUT2D eigenvalue weighted by Crippen LogP contribution is 1.91. The van der Waals surface area contributed by atoms with Gasteiger partial charge in [-0.2, -0.15) is 0 Å². The van der Waals surface area contributed by atoms with Gasteiger partial charge >= 0.3 is 0 Å². The first-order valence-corrected chi connectivity index (χ1v) is 7.23. The number of rotatable bonds is 0. The van der Waals surface area contributed by atoms with Crippen LogP contribution in [0.5, 0.6) is 0 Å². The van der Waals surface area contributed by atoms with Crippen LogP contribution in [-0.2, 0) is 4.57 Å². The van der Waals surface area contributed by atoms with Crippen LogP contribution in [-0.4, -0.2) is 39.3 Å². The van der Waals surface area contributed by atoms with Crippen LogP contribution < -0.4 is 16.0 Å². The molecule has 3 saturated heterocycles. The van der Waals surface area contributed by atoms with Crippen molar-refractivity contribution >= 4 is 9.12 Å². The van der Waals surface area contributed by atoms with Crippen molar-refractivity contribution < 1.29 is 4.57 Å². The summed E-state index contributed by atoms with van der Waals surface area (Å²) in [6.07, 6.45) is 8.33. The fourth-order valence-electron chi connectivity index (χ4n) is 1.87. The SMILES string of the molecule is C1CCNC1.C1CCNC1.C1CCNC1.O=P.